The summed E-state index contributed by atoms with van der Waals surface area (Å²) in [4.78, 5) is -0.0784. The molecule has 116 valence electrons. The van der Waals surface area contributed by atoms with Gasteiger partial charge in [0.25, 0.3) is 0 Å². The number of sulfonamides is 1. The van der Waals surface area contributed by atoms with Crippen LogP contribution < -0.4 is 10.5 Å². The van der Waals surface area contributed by atoms with E-state index in [4.69, 9.17) is 28.9 Å². The first kappa shape index (κ1) is 15.4. The molecule has 1 aromatic rings. The molecule has 0 unspecified atom stereocenters. The van der Waals surface area contributed by atoms with Crippen LogP contribution in [0.25, 0.3) is 0 Å². The molecule has 0 bridgehead atoms. The standard InChI is InChI=1S/C14H18Cl2N2O2S/c15-12-5-10(17)6-13(16)14(12)21(19,20)18-7-11(8-1-2-8)9-3-4-9/h5-6,8-9,11,18H,1-4,7,17H2. The molecule has 2 fully saturated rings. The molecule has 2 aliphatic rings. The van der Waals surface area contributed by atoms with Crippen LogP contribution in [-0.2, 0) is 10.0 Å². The minimum absolute atomic E-state index is 0.0573. The Morgan fingerprint density at radius 3 is 2.05 bits per heavy atom. The maximum atomic E-state index is 12.5. The van der Waals surface area contributed by atoms with E-state index in [1.54, 1.807) is 0 Å². The number of anilines is 1. The van der Waals surface area contributed by atoms with Crippen molar-refractivity contribution in [1.82, 2.24) is 4.72 Å². The van der Waals surface area contributed by atoms with Gasteiger partial charge in [-0.05, 0) is 55.6 Å². The average molecular weight is 349 g/mol. The van der Waals surface area contributed by atoms with Crippen molar-refractivity contribution in [2.24, 2.45) is 17.8 Å². The van der Waals surface area contributed by atoms with Crippen molar-refractivity contribution in [2.75, 3.05) is 12.3 Å². The van der Waals surface area contributed by atoms with Crippen LogP contribution >= 0.6 is 23.2 Å². The normalized spacial score (nSPS) is 19.2. The number of nitrogen functional groups attached to an aromatic ring is 1. The first-order valence-corrected chi connectivity index (χ1v) is 9.36. The molecule has 3 rings (SSSR count). The van der Waals surface area contributed by atoms with E-state index in [-0.39, 0.29) is 14.9 Å². The van der Waals surface area contributed by atoms with Crippen molar-refractivity contribution >= 4 is 38.9 Å². The molecule has 0 amide bonds. The van der Waals surface area contributed by atoms with E-state index < -0.39 is 10.0 Å². The quantitative estimate of drug-likeness (QED) is 0.774. The average Bonchev–Trinajstić information content (AvgIpc) is 3.22. The van der Waals surface area contributed by atoms with E-state index in [0.29, 0.717) is 30.0 Å². The second kappa shape index (κ2) is 5.61. The zero-order valence-electron chi connectivity index (χ0n) is 11.5. The molecule has 0 saturated heterocycles. The highest BCUT2D eigenvalue weighted by Gasteiger charge is 2.41. The molecule has 4 nitrogen and oxygen atoms in total. The second-order valence-corrected chi connectivity index (χ2v) is 8.52. The fourth-order valence-electron chi connectivity index (χ4n) is 2.88. The Kier molecular flexibility index (Phi) is 4.12. The molecular weight excluding hydrogens is 331 g/mol. The maximum absolute atomic E-state index is 12.5. The third kappa shape index (κ3) is 3.47. The molecule has 0 atom stereocenters. The zero-order chi connectivity index (χ0) is 15.2. The highest BCUT2D eigenvalue weighted by atomic mass is 35.5. The molecule has 0 aromatic heterocycles. The summed E-state index contributed by atoms with van der Waals surface area (Å²) < 4.78 is 27.6. The number of rotatable bonds is 6. The number of hydrogen-bond donors (Lipinski definition) is 2. The fourth-order valence-corrected chi connectivity index (χ4v) is 5.18. The van der Waals surface area contributed by atoms with Gasteiger partial charge in [-0.25, -0.2) is 13.1 Å². The molecule has 21 heavy (non-hydrogen) atoms. The maximum Gasteiger partial charge on any atom is 0.243 e. The van der Waals surface area contributed by atoms with Gasteiger partial charge < -0.3 is 5.73 Å². The van der Waals surface area contributed by atoms with Crippen molar-refractivity contribution < 1.29 is 8.42 Å². The van der Waals surface area contributed by atoms with Gasteiger partial charge in [-0.3, -0.25) is 0 Å². The van der Waals surface area contributed by atoms with Crippen molar-refractivity contribution in [3.05, 3.63) is 22.2 Å². The van der Waals surface area contributed by atoms with Crippen LogP contribution in [-0.4, -0.2) is 15.0 Å². The highest BCUT2D eigenvalue weighted by molar-refractivity contribution is 7.89. The largest absolute Gasteiger partial charge is 0.399 e. The summed E-state index contributed by atoms with van der Waals surface area (Å²) in [6.45, 7) is 0.467. The molecule has 0 spiro atoms. The van der Waals surface area contributed by atoms with Crippen LogP contribution in [0.4, 0.5) is 5.69 Å². The first-order chi connectivity index (χ1) is 9.88. The lowest BCUT2D eigenvalue weighted by Gasteiger charge is -2.17. The van der Waals surface area contributed by atoms with Gasteiger partial charge in [0.2, 0.25) is 10.0 Å². The van der Waals surface area contributed by atoms with Gasteiger partial charge in [0, 0.05) is 12.2 Å². The Morgan fingerprint density at radius 1 is 1.14 bits per heavy atom. The van der Waals surface area contributed by atoms with Crippen molar-refractivity contribution in [3.63, 3.8) is 0 Å². The minimum atomic E-state index is -3.71. The van der Waals surface area contributed by atoms with Gasteiger partial charge >= 0.3 is 0 Å². The number of halogens is 2. The Labute approximate surface area is 135 Å². The predicted molar refractivity (Wildman–Crippen MR) is 85.0 cm³/mol. The Morgan fingerprint density at radius 2 is 1.62 bits per heavy atom. The van der Waals surface area contributed by atoms with Crippen LogP contribution in [0.5, 0.6) is 0 Å². The minimum Gasteiger partial charge on any atom is -0.399 e. The van der Waals surface area contributed by atoms with Crippen molar-refractivity contribution in [2.45, 2.75) is 30.6 Å². The van der Waals surface area contributed by atoms with Crippen molar-refractivity contribution in [1.29, 1.82) is 0 Å². The highest BCUT2D eigenvalue weighted by Crippen LogP contribution is 2.49. The molecule has 0 radical (unpaired) electrons. The second-order valence-electron chi connectivity index (χ2n) is 6.00. The molecular formula is C14H18Cl2N2O2S. The summed E-state index contributed by atoms with van der Waals surface area (Å²) >= 11 is 12.0. The monoisotopic (exact) mass is 348 g/mol. The van der Waals surface area contributed by atoms with Gasteiger partial charge in [0.1, 0.15) is 4.90 Å². The number of benzene rings is 1. The third-order valence-corrected chi connectivity index (χ3v) is 6.60. The van der Waals surface area contributed by atoms with Crippen LogP contribution in [0.2, 0.25) is 10.0 Å². The summed E-state index contributed by atoms with van der Waals surface area (Å²) in [5.74, 6) is 1.81. The molecule has 0 aliphatic heterocycles. The van der Waals surface area contributed by atoms with Crippen molar-refractivity contribution in [3.8, 4) is 0 Å². The number of nitrogens with one attached hydrogen (secondary N) is 1. The fraction of sp³-hybridized carbons (Fsp3) is 0.571. The van der Waals surface area contributed by atoms with Gasteiger partial charge in [-0.2, -0.15) is 0 Å². The van der Waals surface area contributed by atoms with Crippen LogP contribution in [0.3, 0.4) is 0 Å². The lowest BCUT2D eigenvalue weighted by atomic mass is 9.99. The third-order valence-electron chi connectivity index (χ3n) is 4.25. The number of hydrogen-bond acceptors (Lipinski definition) is 3. The van der Waals surface area contributed by atoms with E-state index in [0.717, 1.165) is 0 Å². The molecule has 1 aromatic carbocycles. The lowest BCUT2D eigenvalue weighted by Crippen LogP contribution is -2.31. The summed E-state index contributed by atoms with van der Waals surface area (Å²) in [6.07, 6.45) is 4.86. The summed E-state index contributed by atoms with van der Waals surface area (Å²) in [7, 11) is -3.71. The Hall–Kier alpha value is -0.490. The van der Waals surface area contributed by atoms with Crippen LogP contribution in [0.15, 0.2) is 17.0 Å². The van der Waals surface area contributed by atoms with Gasteiger partial charge in [0.15, 0.2) is 0 Å². The lowest BCUT2D eigenvalue weighted by molar-refractivity contribution is 0.401. The Balaban J connectivity index is 1.77. The molecule has 3 N–H and O–H groups in total. The zero-order valence-corrected chi connectivity index (χ0v) is 13.8. The van der Waals surface area contributed by atoms with Gasteiger partial charge in [-0.15, -0.1) is 0 Å². The van der Waals surface area contributed by atoms with Crippen LogP contribution in [0.1, 0.15) is 25.7 Å². The topological polar surface area (TPSA) is 72.2 Å². The van der Waals surface area contributed by atoms with E-state index in [1.165, 1.54) is 37.8 Å². The van der Waals surface area contributed by atoms with E-state index in [9.17, 15) is 8.42 Å². The van der Waals surface area contributed by atoms with E-state index >= 15 is 0 Å². The first-order valence-electron chi connectivity index (χ1n) is 7.12. The van der Waals surface area contributed by atoms with E-state index in [1.807, 2.05) is 0 Å². The molecule has 7 heteroatoms. The number of nitrogens with two attached hydrogens (primary N) is 1. The summed E-state index contributed by atoms with van der Waals surface area (Å²) in [5.41, 5.74) is 5.95. The van der Waals surface area contributed by atoms with Gasteiger partial charge in [-0.1, -0.05) is 23.2 Å². The molecule has 2 saturated carbocycles. The SMILES string of the molecule is Nc1cc(Cl)c(S(=O)(=O)NCC(C2CC2)C2CC2)c(Cl)c1. The van der Waals surface area contributed by atoms with Gasteiger partial charge in [0.05, 0.1) is 10.0 Å². The predicted octanol–water partition coefficient (Wildman–Crippen LogP) is 3.29. The smallest absolute Gasteiger partial charge is 0.243 e. The Bertz CT molecular complexity index is 620. The van der Waals surface area contributed by atoms with Crippen LogP contribution in [0, 0.1) is 17.8 Å². The van der Waals surface area contributed by atoms with E-state index in [2.05, 4.69) is 4.72 Å². The molecule has 0 heterocycles. The molecule has 2 aliphatic carbocycles. The summed E-state index contributed by atoms with van der Waals surface area (Å²) in [5, 5.41) is 0.115. The summed E-state index contributed by atoms with van der Waals surface area (Å²) in [6, 6.07) is 2.81.